The van der Waals surface area contributed by atoms with Crippen LogP contribution in [0.3, 0.4) is 0 Å². The second kappa shape index (κ2) is 6.22. The molecule has 0 heterocycles. The zero-order valence-corrected chi connectivity index (χ0v) is 11.6. The van der Waals surface area contributed by atoms with Crippen LogP contribution in [0.15, 0.2) is 35.2 Å². The van der Waals surface area contributed by atoms with Gasteiger partial charge in [-0.2, -0.15) is 0 Å². The van der Waals surface area contributed by atoms with E-state index in [2.05, 4.69) is 12.1 Å². The lowest BCUT2D eigenvalue weighted by molar-refractivity contribution is -0.127. The molecule has 0 bridgehead atoms. The van der Waals surface area contributed by atoms with Crippen LogP contribution >= 0.6 is 11.8 Å². The lowest BCUT2D eigenvalue weighted by Gasteiger charge is -2.21. The van der Waals surface area contributed by atoms with Crippen LogP contribution in [0, 0.1) is 5.41 Å². The second-order valence-corrected chi connectivity index (χ2v) is 6.34. The van der Waals surface area contributed by atoms with Gasteiger partial charge in [0.2, 0.25) is 0 Å². The van der Waals surface area contributed by atoms with Crippen LogP contribution in [0.2, 0.25) is 0 Å². The van der Waals surface area contributed by atoms with E-state index >= 15 is 0 Å². The van der Waals surface area contributed by atoms with E-state index in [-0.39, 0.29) is 17.2 Å². The van der Waals surface area contributed by atoms with Crippen molar-refractivity contribution in [3.05, 3.63) is 30.3 Å². The first-order valence-corrected chi connectivity index (χ1v) is 6.87. The molecule has 0 aliphatic rings. The maximum absolute atomic E-state index is 11.9. The largest absolute Gasteiger partial charge is 0.321 e. The highest BCUT2D eigenvalue weighted by atomic mass is 32.2. The Balaban J connectivity index is 2.35. The third kappa shape index (κ3) is 4.92. The Morgan fingerprint density at radius 1 is 1.29 bits per heavy atom. The van der Waals surface area contributed by atoms with Crippen LogP contribution in [-0.4, -0.2) is 17.6 Å². The minimum atomic E-state index is -0.341. The summed E-state index contributed by atoms with van der Waals surface area (Å²) in [6.45, 7) is 5.75. The predicted octanol–water partition coefficient (Wildman–Crippen LogP) is 3.11. The molecule has 1 atom stereocenters. The number of Topliss-reactive ketones (excluding diaryl/α,β-unsaturated/α-hetero) is 1. The van der Waals surface area contributed by atoms with E-state index in [1.807, 2.05) is 39.0 Å². The van der Waals surface area contributed by atoms with E-state index in [1.54, 1.807) is 11.8 Å². The summed E-state index contributed by atoms with van der Waals surface area (Å²) in [6.07, 6.45) is 0.732. The molecule has 0 fully saturated rings. The highest BCUT2D eigenvalue weighted by molar-refractivity contribution is 7.99. The summed E-state index contributed by atoms with van der Waals surface area (Å²) in [4.78, 5) is 13.1. The minimum absolute atomic E-state index is 0.145. The summed E-state index contributed by atoms with van der Waals surface area (Å²) in [5.74, 6) is 1.03. The van der Waals surface area contributed by atoms with E-state index in [4.69, 9.17) is 5.73 Å². The van der Waals surface area contributed by atoms with E-state index in [9.17, 15) is 4.79 Å². The fourth-order valence-electron chi connectivity index (χ4n) is 1.51. The van der Waals surface area contributed by atoms with Gasteiger partial charge in [0.25, 0.3) is 0 Å². The first-order chi connectivity index (χ1) is 7.91. The van der Waals surface area contributed by atoms with Gasteiger partial charge in [-0.1, -0.05) is 39.0 Å². The maximum Gasteiger partial charge on any atom is 0.154 e. The minimum Gasteiger partial charge on any atom is -0.321 e. The van der Waals surface area contributed by atoms with Gasteiger partial charge in [-0.3, -0.25) is 4.79 Å². The van der Waals surface area contributed by atoms with Gasteiger partial charge in [-0.25, -0.2) is 0 Å². The molecule has 17 heavy (non-hydrogen) atoms. The van der Waals surface area contributed by atoms with Crippen molar-refractivity contribution in [2.75, 3.05) is 5.75 Å². The lowest BCUT2D eigenvalue weighted by atomic mass is 9.86. The number of hydrogen-bond donors (Lipinski definition) is 1. The molecule has 0 amide bonds. The number of benzene rings is 1. The molecule has 0 saturated carbocycles. The molecule has 3 heteroatoms. The van der Waals surface area contributed by atoms with Gasteiger partial charge < -0.3 is 5.73 Å². The summed E-state index contributed by atoms with van der Waals surface area (Å²) in [6, 6.07) is 9.83. The molecular weight excluding hydrogens is 230 g/mol. The van der Waals surface area contributed by atoms with Gasteiger partial charge >= 0.3 is 0 Å². The summed E-state index contributed by atoms with van der Waals surface area (Å²) in [5, 5.41) is 0. The molecule has 1 aromatic carbocycles. The van der Waals surface area contributed by atoms with Crippen molar-refractivity contribution in [2.24, 2.45) is 11.1 Å². The van der Waals surface area contributed by atoms with Gasteiger partial charge in [-0.05, 0) is 24.3 Å². The highest BCUT2D eigenvalue weighted by Gasteiger charge is 2.26. The van der Waals surface area contributed by atoms with Gasteiger partial charge in [0.05, 0.1) is 6.04 Å². The van der Waals surface area contributed by atoms with Crippen LogP contribution in [0.25, 0.3) is 0 Å². The van der Waals surface area contributed by atoms with Crippen molar-refractivity contribution < 1.29 is 4.79 Å². The van der Waals surface area contributed by atoms with Gasteiger partial charge in [0.1, 0.15) is 0 Å². The molecule has 1 rings (SSSR count). The monoisotopic (exact) mass is 251 g/mol. The zero-order valence-electron chi connectivity index (χ0n) is 10.8. The summed E-state index contributed by atoms with van der Waals surface area (Å²) in [7, 11) is 0. The molecule has 0 aliphatic heterocycles. The van der Waals surface area contributed by atoms with Crippen LogP contribution in [-0.2, 0) is 4.79 Å². The fourth-order valence-corrected chi connectivity index (χ4v) is 2.46. The van der Waals surface area contributed by atoms with Crippen molar-refractivity contribution in [1.29, 1.82) is 0 Å². The summed E-state index contributed by atoms with van der Waals surface area (Å²) in [5.41, 5.74) is 5.57. The van der Waals surface area contributed by atoms with Crippen molar-refractivity contribution >= 4 is 17.5 Å². The molecule has 0 aliphatic carbocycles. The molecule has 2 nitrogen and oxygen atoms in total. The van der Waals surface area contributed by atoms with Crippen LogP contribution in [0.4, 0.5) is 0 Å². The Hall–Kier alpha value is -0.800. The molecule has 0 spiro atoms. The average molecular weight is 251 g/mol. The van der Waals surface area contributed by atoms with Crippen molar-refractivity contribution in [3.63, 3.8) is 0 Å². The predicted molar refractivity (Wildman–Crippen MR) is 74.2 cm³/mol. The van der Waals surface area contributed by atoms with E-state index < -0.39 is 0 Å². The molecule has 0 unspecified atom stereocenters. The third-order valence-corrected chi connectivity index (χ3v) is 3.56. The van der Waals surface area contributed by atoms with Crippen LogP contribution in [0.5, 0.6) is 0 Å². The average Bonchev–Trinajstić information content (AvgIpc) is 2.28. The Kier molecular flexibility index (Phi) is 5.22. The van der Waals surface area contributed by atoms with E-state index in [0.717, 1.165) is 12.2 Å². The number of carbonyl (C=O) groups is 1. The molecule has 0 aromatic heterocycles. The molecule has 94 valence electrons. The molecule has 0 saturated heterocycles. The van der Waals surface area contributed by atoms with Crippen molar-refractivity contribution in [2.45, 2.75) is 38.1 Å². The second-order valence-electron chi connectivity index (χ2n) is 5.17. The normalized spacial score (nSPS) is 13.4. The number of rotatable bonds is 5. The standard InChI is InChI=1S/C14H21NOS/c1-14(2,3)13(16)12(15)9-10-17-11-7-5-4-6-8-11/h4-8,12H,9-10,15H2,1-3H3/t12-/m0/s1. The number of hydrogen-bond acceptors (Lipinski definition) is 3. The Morgan fingerprint density at radius 3 is 2.41 bits per heavy atom. The number of ketones is 1. The number of nitrogens with two attached hydrogens (primary N) is 1. The van der Waals surface area contributed by atoms with Gasteiger partial charge in [0.15, 0.2) is 5.78 Å². The van der Waals surface area contributed by atoms with Crippen LogP contribution in [0.1, 0.15) is 27.2 Å². The quantitative estimate of drug-likeness (QED) is 0.818. The van der Waals surface area contributed by atoms with Crippen LogP contribution < -0.4 is 5.73 Å². The Morgan fingerprint density at radius 2 is 1.88 bits per heavy atom. The van der Waals surface area contributed by atoms with Crippen molar-refractivity contribution in [1.82, 2.24) is 0 Å². The smallest absolute Gasteiger partial charge is 0.154 e. The van der Waals surface area contributed by atoms with E-state index in [0.29, 0.717) is 0 Å². The number of thioether (sulfide) groups is 1. The Bertz CT molecular complexity index is 356. The first-order valence-electron chi connectivity index (χ1n) is 5.89. The molecule has 2 N–H and O–H groups in total. The van der Waals surface area contributed by atoms with Crippen molar-refractivity contribution in [3.8, 4) is 0 Å². The molecule has 0 radical (unpaired) electrons. The highest BCUT2D eigenvalue weighted by Crippen LogP contribution is 2.21. The zero-order chi connectivity index (χ0) is 12.9. The molecule has 1 aromatic rings. The first kappa shape index (κ1) is 14.3. The maximum atomic E-state index is 11.9. The van der Waals surface area contributed by atoms with E-state index in [1.165, 1.54) is 4.90 Å². The lowest BCUT2D eigenvalue weighted by Crippen LogP contribution is -2.39. The number of carbonyl (C=O) groups excluding carboxylic acids is 1. The summed E-state index contributed by atoms with van der Waals surface area (Å²) < 4.78 is 0. The summed E-state index contributed by atoms with van der Waals surface area (Å²) >= 11 is 1.74. The van der Waals surface area contributed by atoms with Gasteiger partial charge in [-0.15, -0.1) is 11.8 Å². The Labute approximate surface area is 108 Å². The molecular formula is C14H21NOS. The fraction of sp³-hybridized carbons (Fsp3) is 0.500. The topological polar surface area (TPSA) is 43.1 Å². The SMILES string of the molecule is CC(C)(C)C(=O)[C@@H](N)CCSc1ccccc1. The third-order valence-electron chi connectivity index (χ3n) is 2.52. The van der Waals surface area contributed by atoms with Gasteiger partial charge in [0, 0.05) is 10.3 Å².